The Balaban J connectivity index is 1.08. The molecule has 8 aromatic rings. The lowest BCUT2D eigenvalue weighted by atomic mass is 9.43. The maximum atomic E-state index is 6.49. The van der Waals surface area contributed by atoms with Crippen molar-refractivity contribution in [1.82, 2.24) is 0 Å². The standard InChI is InChI=1S/C52H41NO/c1-3-10-35(11-4-1)37-14-9-15-41(29-37)53(43-19-21-45-44-16-7-8-17-50(44)54-51(45)32-43)42-20-23-49-47(31-42)46-30-38(36-12-5-2-6-13-36)18-22-48(46)52(49)39-25-33-24-34(27-39)28-40(52)26-33/h1-23,29-34,39-40H,24-28H2. The largest absolute Gasteiger partial charge is 0.456 e. The van der Waals surface area contributed by atoms with Crippen molar-refractivity contribution in [3.05, 3.63) is 175 Å². The van der Waals surface area contributed by atoms with Gasteiger partial charge in [0.1, 0.15) is 11.2 Å². The van der Waals surface area contributed by atoms with Gasteiger partial charge in [0.05, 0.1) is 0 Å². The van der Waals surface area contributed by atoms with Gasteiger partial charge in [-0.1, -0.05) is 109 Å². The molecule has 2 nitrogen and oxygen atoms in total. The van der Waals surface area contributed by atoms with Crippen LogP contribution in [-0.4, -0.2) is 0 Å². The molecule has 260 valence electrons. The van der Waals surface area contributed by atoms with Crippen LogP contribution < -0.4 is 4.90 Å². The number of nitrogens with zero attached hydrogens (tertiary/aromatic N) is 1. The van der Waals surface area contributed by atoms with E-state index in [0.717, 1.165) is 57.0 Å². The van der Waals surface area contributed by atoms with E-state index in [1.165, 1.54) is 71.2 Å². The van der Waals surface area contributed by atoms with Crippen LogP contribution in [0.4, 0.5) is 17.1 Å². The first-order valence-electron chi connectivity index (χ1n) is 19.9. The van der Waals surface area contributed by atoms with Gasteiger partial charge in [0.15, 0.2) is 0 Å². The zero-order chi connectivity index (χ0) is 35.4. The molecular weight excluding hydrogens is 655 g/mol. The second-order valence-electron chi connectivity index (χ2n) is 16.6. The molecule has 1 spiro atoms. The monoisotopic (exact) mass is 695 g/mol. The fourth-order valence-corrected chi connectivity index (χ4v) is 11.9. The van der Waals surface area contributed by atoms with Gasteiger partial charge >= 0.3 is 0 Å². The Morgan fingerprint density at radius 2 is 0.963 bits per heavy atom. The normalized spacial score (nSPS) is 23.3. The summed E-state index contributed by atoms with van der Waals surface area (Å²) < 4.78 is 6.49. The van der Waals surface area contributed by atoms with Gasteiger partial charge in [-0.25, -0.2) is 0 Å². The Bertz CT molecular complexity index is 2710. The second kappa shape index (κ2) is 11.6. The Morgan fingerprint density at radius 3 is 1.70 bits per heavy atom. The molecule has 2 heteroatoms. The van der Waals surface area contributed by atoms with Crippen LogP contribution in [0.15, 0.2) is 168 Å². The van der Waals surface area contributed by atoms with E-state index < -0.39 is 0 Å². The Kier molecular flexibility index (Phi) is 6.55. The van der Waals surface area contributed by atoms with Crippen molar-refractivity contribution >= 4 is 39.0 Å². The topological polar surface area (TPSA) is 16.4 Å². The third kappa shape index (κ3) is 4.40. The van der Waals surface area contributed by atoms with Crippen LogP contribution in [0.25, 0.3) is 55.3 Å². The lowest BCUT2D eigenvalue weighted by Gasteiger charge is -2.61. The minimum atomic E-state index is 0.108. The van der Waals surface area contributed by atoms with E-state index >= 15 is 0 Å². The number of rotatable bonds is 5. The van der Waals surface area contributed by atoms with Gasteiger partial charge in [0, 0.05) is 39.3 Å². The molecule has 0 saturated heterocycles. The smallest absolute Gasteiger partial charge is 0.137 e. The van der Waals surface area contributed by atoms with E-state index in [2.05, 4.69) is 169 Å². The molecule has 5 aliphatic carbocycles. The Labute approximate surface area is 316 Å². The van der Waals surface area contributed by atoms with Gasteiger partial charge in [-0.2, -0.15) is 0 Å². The quantitative estimate of drug-likeness (QED) is 0.178. The van der Waals surface area contributed by atoms with E-state index in [1.807, 2.05) is 0 Å². The van der Waals surface area contributed by atoms with Crippen LogP contribution >= 0.6 is 0 Å². The number of para-hydroxylation sites is 1. The molecule has 13 rings (SSSR count). The Hall–Kier alpha value is -5.86. The molecule has 0 aliphatic heterocycles. The highest BCUT2D eigenvalue weighted by Crippen LogP contribution is 2.69. The van der Waals surface area contributed by atoms with Gasteiger partial charge in [-0.3, -0.25) is 0 Å². The molecule has 1 aromatic heterocycles. The molecule has 4 saturated carbocycles. The van der Waals surface area contributed by atoms with Crippen molar-refractivity contribution in [2.75, 3.05) is 4.90 Å². The first kappa shape index (κ1) is 30.6. The first-order chi connectivity index (χ1) is 26.7. The molecule has 7 aromatic carbocycles. The second-order valence-corrected chi connectivity index (χ2v) is 16.6. The first-order valence-corrected chi connectivity index (χ1v) is 19.9. The zero-order valence-electron chi connectivity index (χ0n) is 30.3. The minimum absolute atomic E-state index is 0.108. The summed E-state index contributed by atoms with van der Waals surface area (Å²) in [5.41, 5.74) is 16.3. The number of hydrogen-bond acceptors (Lipinski definition) is 2. The maximum Gasteiger partial charge on any atom is 0.137 e. The molecule has 4 fully saturated rings. The molecular formula is C52H41NO. The predicted molar refractivity (Wildman–Crippen MR) is 223 cm³/mol. The number of hydrogen-bond donors (Lipinski definition) is 0. The molecule has 0 unspecified atom stereocenters. The number of furan rings is 1. The molecule has 54 heavy (non-hydrogen) atoms. The average molecular weight is 696 g/mol. The summed E-state index contributed by atoms with van der Waals surface area (Å²) in [5.74, 6) is 3.26. The van der Waals surface area contributed by atoms with E-state index in [0.29, 0.717) is 0 Å². The summed E-state index contributed by atoms with van der Waals surface area (Å²) >= 11 is 0. The third-order valence-electron chi connectivity index (χ3n) is 13.8. The fourth-order valence-electron chi connectivity index (χ4n) is 11.9. The van der Waals surface area contributed by atoms with Crippen LogP contribution in [0.2, 0.25) is 0 Å². The SMILES string of the molecule is c1ccc(-c2cccc(N(c3ccc4c(c3)-c3cc(-c5ccccc5)ccc3C43C4CC5CC(C4)CC3C5)c3ccc4c(c3)oc3ccccc34)c2)cc1. The molecule has 0 amide bonds. The molecule has 4 bridgehead atoms. The average Bonchev–Trinajstić information content (AvgIpc) is 3.73. The molecule has 1 heterocycles. The Morgan fingerprint density at radius 1 is 0.407 bits per heavy atom. The lowest BCUT2D eigenvalue weighted by Crippen LogP contribution is -2.55. The van der Waals surface area contributed by atoms with Gasteiger partial charge in [-0.15, -0.1) is 0 Å². The zero-order valence-corrected chi connectivity index (χ0v) is 30.3. The summed E-state index contributed by atoms with van der Waals surface area (Å²) in [5, 5.41) is 2.30. The highest BCUT2D eigenvalue weighted by molar-refractivity contribution is 6.06. The van der Waals surface area contributed by atoms with Gasteiger partial charge in [0.25, 0.3) is 0 Å². The number of benzene rings is 7. The van der Waals surface area contributed by atoms with Crippen molar-refractivity contribution in [3.8, 4) is 33.4 Å². The van der Waals surface area contributed by atoms with E-state index in [4.69, 9.17) is 4.42 Å². The van der Waals surface area contributed by atoms with Crippen LogP contribution in [0.5, 0.6) is 0 Å². The number of fused-ring (bicyclic) bond motifs is 6. The summed E-state index contributed by atoms with van der Waals surface area (Å²) in [7, 11) is 0. The summed E-state index contributed by atoms with van der Waals surface area (Å²) in [6, 6.07) is 60.8. The molecule has 0 N–H and O–H groups in total. The van der Waals surface area contributed by atoms with Crippen molar-refractivity contribution in [3.63, 3.8) is 0 Å². The maximum absolute atomic E-state index is 6.49. The molecule has 0 atom stereocenters. The minimum Gasteiger partial charge on any atom is -0.456 e. The van der Waals surface area contributed by atoms with Crippen LogP contribution in [0.3, 0.4) is 0 Å². The molecule has 0 radical (unpaired) electrons. The molecule has 5 aliphatic rings. The highest BCUT2D eigenvalue weighted by Gasteiger charge is 2.61. The van der Waals surface area contributed by atoms with Crippen molar-refractivity contribution in [1.29, 1.82) is 0 Å². The lowest BCUT2D eigenvalue weighted by molar-refractivity contribution is -0.0399. The number of anilines is 3. The van der Waals surface area contributed by atoms with Crippen molar-refractivity contribution in [2.24, 2.45) is 23.7 Å². The van der Waals surface area contributed by atoms with Crippen molar-refractivity contribution < 1.29 is 4.42 Å². The van der Waals surface area contributed by atoms with Gasteiger partial charge in [0.2, 0.25) is 0 Å². The van der Waals surface area contributed by atoms with E-state index in [9.17, 15) is 0 Å². The van der Waals surface area contributed by atoms with Crippen molar-refractivity contribution in [2.45, 2.75) is 37.5 Å². The summed E-state index contributed by atoms with van der Waals surface area (Å²) in [4.78, 5) is 2.45. The predicted octanol–water partition coefficient (Wildman–Crippen LogP) is 14.1. The summed E-state index contributed by atoms with van der Waals surface area (Å²) in [6.45, 7) is 0. The van der Waals surface area contributed by atoms with Gasteiger partial charge in [-0.05, 0) is 149 Å². The van der Waals surface area contributed by atoms with Gasteiger partial charge < -0.3 is 9.32 Å². The van der Waals surface area contributed by atoms with Crippen LogP contribution in [0.1, 0.15) is 43.2 Å². The fraction of sp³-hybridized carbons (Fsp3) is 0.192. The summed E-state index contributed by atoms with van der Waals surface area (Å²) in [6.07, 6.45) is 6.98. The highest BCUT2D eigenvalue weighted by atomic mass is 16.3. The van der Waals surface area contributed by atoms with Crippen LogP contribution in [0, 0.1) is 23.7 Å². The third-order valence-corrected chi connectivity index (χ3v) is 13.8. The van der Waals surface area contributed by atoms with E-state index in [-0.39, 0.29) is 5.41 Å². The van der Waals surface area contributed by atoms with E-state index in [1.54, 1.807) is 11.1 Å². The van der Waals surface area contributed by atoms with Crippen LogP contribution in [-0.2, 0) is 5.41 Å².